The molecule has 3 unspecified atom stereocenters. The Kier molecular flexibility index (Phi) is 5.20. The van der Waals surface area contributed by atoms with Crippen LogP contribution in [0.1, 0.15) is 32.6 Å². The van der Waals surface area contributed by atoms with Crippen LogP contribution in [0.15, 0.2) is 48.6 Å². The number of unbranched alkanes of at least 4 members (excludes halogenated alkanes) is 1. The fourth-order valence-electron chi connectivity index (χ4n) is 2.10. The lowest BCUT2D eigenvalue weighted by Gasteiger charge is -2.13. The highest BCUT2D eigenvalue weighted by atomic mass is 16.5. The van der Waals surface area contributed by atoms with E-state index >= 15 is 0 Å². The van der Waals surface area contributed by atoms with Gasteiger partial charge in [-0.2, -0.15) is 0 Å². The van der Waals surface area contributed by atoms with Crippen LogP contribution >= 0.6 is 0 Å². The van der Waals surface area contributed by atoms with Crippen LogP contribution in [0.25, 0.3) is 0 Å². The molecule has 2 heteroatoms. The third-order valence-electron chi connectivity index (χ3n) is 3.52. The van der Waals surface area contributed by atoms with Crippen molar-refractivity contribution < 1.29 is 9.53 Å². The van der Waals surface area contributed by atoms with E-state index in [1.54, 1.807) is 0 Å². The Bertz CT molecular complexity index is 415. The second-order valence-corrected chi connectivity index (χ2v) is 5.31. The van der Waals surface area contributed by atoms with Gasteiger partial charge in [0.25, 0.3) is 0 Å². The first-order chi connectivity index (χ1) is 9.25. The topological polar surface area (TPSA) is 26.3 Å². The maximum Gasteiger partial charge on any atom is 0.331 e. The number of ether oxygens (including phenoxy) is 1. The van der Waals surface area contributed by atoms with Crippen LogP contribution in [-0.2, 0) is 9.53 Å². The molecule has 1 aliphatic heterocycles. The van der Waals surface area contributed by atoms with Crippen LogP contribution in [0.4, 0.5) is 0 Å². The van der Waals surface area contributed by atoms with Crippen molar-refractivity contribution in [3.63, 3.8) is 0 Å². The third kappa shape index (κ3) is 5.29. The molecule has 1 aliphatic carbocycles. The van der Waals surface area contributed by atoms with Crippen molar-refractivity contribution in [2.45, 2.75) is 38.7 Å². The van der Waals surface area contributed by atoms with Crippen molar-refractivity contribution in [2.75, 3.05) is 0 Å². The Morgan fingerprint density at radius 3 is 2.79 bits per heavy atom. The Labute approximate surface area is 115 Å². The van der Waals surface area contributed by atoms with Crippen LogP contribution in [0, 0.1) is 11.8 Å². The van der Waals surface area contributed by atoms with E-state index in [2.05, 4.69) is 25.2 Å². The fourth-order valence-corrected chi connectivity index (χ4v) is 2.10. The lowest BCUT2D eigenvalue weighted by atomic mass is 10.2. The molecule has 0 aromatic carbocycles. The van der Waals surface area contributed by atoms with E-state index in [1.807, 2.05) is 24.3 Å². The second-order valence-electron chi connectivity index (χ2n) is 5.31. The van der Waals surface area contributed by atoms with E-state index in [1.165, 1.54) is 12.5 Å². The highest BCUT2D eigenvalue weighted by Gasteiger charge is 2.29. The van der Waals surface area contributed by atoms with Crippen molar-refractivity contribution in [3.05, 3.63) is 48.6 Å². The van der Waals surface area contributed by atoms with E-state index in [4.69, 9.17) is 4.74 Å². The van der Waals surface area contributed by atoms with Gasteiger partial charge in [0.2, 0.25) is 0 Å². The van der Waals surface area contributed by atoms with Crippen molar-refractivity contribution in [3.8, 4) is 0 Å². The van der Waals surface area contributed by atoms with E-state index in [0.29, 0.717) is 0 Å². The summed E-state index contributed by atoms with van der Waals surface area (Å²) in [4.78, 5) is 11.0. The summed E-state index contributed by atoms with van der Waals surface area (Å²) in [5.41, 5.74) is 0. The van der Waals surface area contributed by atoms with E-state index in [9.17, 15) is 4.79 Å². The number of rotatable bonds is 6. The summed E-state index contributed by atoms with van der Waals surface area (Å²) in [7, 11) is 0. The summed E-state index contributed by atoms with van der Waals surface area (Å²) in [6.45, 7) is 2.30. The average molecular weight is 258 g/mol. The summed E-state index contributed by atoms with van der Waals surface area (Å²) < 4.78 is 5.12. The van der Waals surface area contributed by atoms with Gasteiger partial charge in [0, 0.05) is 12.5 Å². The minimum atomic E-state index is -0.246. The third-order valence-corrected chi connectivity index (χ3v) is 3.52. The zero-order chi connectivity index (χ0) is 13.5. The summed E-state index contributed by atoms with van der Waals surface area (Å²) in [5, 5.41) is 0. The van der Waals surface area contributed by atoms with Crippen LogP contribution in [0.5, 0.6) is 0 Å². The normalized spacial score (nSPS) is 30.6. The molecule has 0 N–H and O–H groups in total. The number of hydrogen-bond donors (Lipinski definition) is 0. The standard InChI is InChI=1S/C17H22O2/c1-14-13-15(14)9-6-4-2-3-5-7-10-16-11-8-12-17(18)19-16/h3,5-10,12,14-16H,2,4,11,13H2,1H3. The molecule has 102 valence electrons. The van der Waals surface area contributed by atoms with Gasteiger partial charge in [-0.25, -0.2) is 4.79 Å². The molecular weight excluding hydrogens is 236 g/mol. The zero-order valence-electron chi connectivity index (χ0n) is 11.5. The summed E-state index contributed by atoms with van der Waals surface area (Å²) in [5.74, 6) is 1.50. The molecule has 0 aromatic rings. The SMILES string of the molecule is CC1CC1C=CCCC=CC=CC1CC=CC(=O)O1. The minimum Gasteiger partial charge on any atom is -0.455 e. The van der Waals surface area contributed by atoms with Crippen molar-refractivity contribution >= 4 is 5.97 Å². The number of cyclic esters (lactones) is 1. The maximum atomic E-state index is 11.0. The van der Waals surface area contributed by atoms with Crippen molar-refractivity contribution in [2.24, 2.45) is 11.8 Å². The van der Waals surface area contributed by atoms with Crippen molar-refractivity contribution in [1.29, 1.82) is 0 Å². The van der Waals surface area contributed by atoms with Crippen LogP contribution in [-0.4, -0.2) is 12.1 Å². The zero-order valence-corrected chi connectivity index (χ0v) is 11.5. The molecule has 1 saturated carbocycles. The largest absolute Gasteiger partial charge is 0.455 e. The molecule has 0 spiro atoms. The minimum absolute atomic E-state index is 0.0987. The summed E-state index contributed by atoms with van der Waals surface area (Å²) >= 11 is 0. The van der Waals surface area contributed by atoms with Gasteiger partial charge in [-0.1, -0.05) is 43.4 Å². The first-order valence-corrected chi connectivity index (χ1v) is 7.13. The van der Waals surface area contributed by atoms with Gasteiger partial charge in [0.15, 0.2) is 0 Å². The summed E-state index contributed by atoms with van der Waals surface area (Å²) in [6, 6.07) is 0. The molecule has 0 amide bonds. The molecule has 2 aliphatic rings. The fraction of sp³-hybridized carbons (Fsp3) is 0.471. The van der Waals surface area contributed by atoms with Crippen LogP contribution in [0.3, 0.4) is 0 Å². The van der Waals surface area contributed by atoms with Gasteiger partial charge in [-0.3, -0.25) is 0 Å². The Hall–Kier alpha value is -1.57. The molecule has 1 fully saturated rings. The molecule has 0 bridgehead atoms. The maximum absolute atomic E-state index is 11.0. The number of hydrogen-bond acceptors (Lipinski definition) is 2. The quantitative estimate of drug-likeness (QED) is 0.312. The molecule has 1 heterocycles. The monoisotopic (exact) mass is 258 g/mol. The highest BCUT2D eigenvalue weighted by Crippen LogP contribution is 2.38. The van der Waals surface area contributed by atoms with E-state index < -0.39 is 0 Å². The molecule has 3 atom stereocenters. The average Bonchev–Trinajstić information content (AvgIpc) is 3.09. The first-order valence-electron chi connectivity index (χ1n) is 7.13. The smallest absolute Gasteiger partial charge is 0.331 e. The highest BCUT2D eigenvalue weighted by molar-refractivity contribution is 5.82. The number of carbonyl (C=O) groups is 1. The van der Waals surface area contributed by atoms with Gasteiger partial charge in [0.1, 0.15) is 6.10 Å². The lowest BCUT2D eigenvalue weighted by Crippen LogP contribution is -2.17. The van der Waals surface area contributed by atoms with Crippen LogP contribution < -0.4 is 0 Å². The van der Waals surface area contributed by atoms with Gasteiger partial charge in [0.05, 0.1) is 0 Å². The molecular formula is C17H22O2. The molecule has 0 radical (unpaired) electrons. The number of esters is 1. The number of allylic oxidation sites excluding steroid dienone is 5. The van der Waals surface area contributed by atoms with Gasteiger partial charge < -0.3 is 4.74 Å². The van der Waals surface area contributed by atoms with Gasteiger partial charge in [-0.15, -0.1) is 0 Å². The van der Waals surface area contributed by atoms with Gasteiger partial charge >= 0.3 is 5.97 Å². The molecule has 19 heavy (non-hydrogen) atoms. The van der Waals surface area contributed by atoms with E-state index in [0.717, 1.165) is 31.1 Å². The summed E-state index contributed by atoms with van der Waals surface area (Å²) in [6.07, 6.45) is 20.3. The Morgan fingerprint density at radius 1 is 1.26 bits per heavy atom. The predicted octanol–water partition coefficient (Wildman–Crippen LogP) is 3.96. The molecule has 0 aromatic heterocycles. The lowest BCUT2D eigenvalue weighted by molar-refractivity contribution is -0.141. The molecule has 0 saturated heterocycles. The van der Waals surface area contributed by atoms with Crippen molar-refractivity contribution in [1.82, 2.24) is 0 Å². The first kappa shape index (κ1) is 13.9. The molecule has 2 nitrogen and oxygen atoms in total. The predicted molar refractivity (Wildman–Crippen MR) is 77.6 cm³/mol. The number of carbonyl (C=O) groups excluding carboxylic acids is 1. The molecule has 2 rings (SSSR count). The second kappa shape index (κ2) is 7.13. The Balaban J connectivity index is 1.57. The van der Waals surface area contributed by atoms with Gasteiger partial charge in [-0.05, 0) is 37.2 Å². The van der Waals surface area contributed by atoms with Crippen LogP contribution in [0.2, 0.25) is 0 Å². The van der Waals surface area contributed by atoms with E-state index in [-0.39, 0.29) is 12.1 Å². The Morgan fingerprint density at radius 2 is 2.05 bits per heavy atom.